The number of nitrogens with zero attached hydrogens (tertiary/aromatic N) is 4. The summed E-state index contributed by atoms with van der Waals surface area (Å²) in [6, 6.07) is 6.15. The second-order valence-electron chi connectivity index (χ2n) is 11.2. The fourth-order valence-corrected chi connectivity index (χ4v) is 5.94. The zero-order chi connectivity index (χ0) is 21.8. The minimum absolute atomic E-state index is 0.277. The Balaban J connectivity index is 1.22. The van der Waals surface area contributed by atoms with Gasteiger partial charge in [0, 0.05) is 57.9 Å². The Hall–Kier alpha value is -1.62. The average Bonchev–Trinajstić information content (AvgIpc) is 2.79. The highest BCUT2D eigenvalue weighted by Crippen LogP contribution is 2.40. The Bertz CT molecular complexity index is 700. The van der Waals surface area contributed by atoms with E-state index in [1.807, 2.05) is 12.3 Å². The van der Waals surface area contributed by atoms with Crippen molar-refractivity contribution in [2.24, 2.45) is 23.2 Å². The SMILES string of the molecule is CC(C)(C)C1CCC(C(=O)N2CCCC(CN3CCN(c4ccccn4)CC3)C2)CC1. The number of hydrogen-bond acceptors (Lipinski definition) is 4. The van der Waals surface area contributed by atoms with E-state index in [0.717, 1.165) is 70.4 Å². The second kappa shape index (κ2) is 9.89. The van der Waals surface area contributed by atoms with Crippen LogP contribution in [0.2, 0.25) is 0 Å². The Labute approximate surface area is 189 Å². The molecule has 1 unspecified atom stereocenters. The molecule has 2 aliphatic heterocycles. The molecular formula is C26H42N4O. The Kier molecular flexibility index (Phi) is 7.20. The number of amides is 1. The van der Waals surface area contributed by atoms with E-state index in [0.29, 0.717) is 17.2 Å². The largest absolute Gasteiger partial charge is 0.354 e. The molecule has 172 valence electrons. The minimum atomic E-state index is 0.277. The normalized spacial score (nSPS) is 28.5. The summed E-state index contributed by atoms with van der Waals surface area (Å²) in [7, 11) is 0. The van der Waals surface area contributed by atoms with E-state index >= 15 is 0 Å². The van der Waals surface area contributed by atoms with Crippen LogP contribution >= 0.6 is 0 Å². The molecule has 5 nitrogen and oxygen atoms in total. The molecule has 1 aliphatic carbocycles. The quantitative estimate of drug-likeness (QED) is 0.720. The first-order chi connectivity index (χ1) is 14.9. The lowest BCUT2D eigenvalue weighted by atomic mass is 9.69. The third kappa shape index (κ3) is 5.79. The summed E-state index contributed by atoms with van der Waals surface area (Å²) >= 11 is 0. The van der Waals surface area contributed by atoms with Crippen LogP contribution in [0.4, 0.5) is 5.82 Å². The molecule has 3 aliphatic rings. The maximum Gasteiger partial charge on any atom is 0.225 e. The fourth-order valence-electron chi connectivity index (χ4n) is 5.94. The standard InChI is InChI=1S/C26H42N4O/c1-26(2,3)23-11-9-22(10-12-23)25(31)30-14-6-7-21(20-30)19-28-15-17-29(18-16-28)24-8-4-5-13-27-24/h4-5,8,13,21-23H,6-7,9-12,14-20H2,1-3H3. The Morgan fingerprint density at radius 1 is 1.00 bits per heavy atom. The van der Waals surface area contributed by atoms with Gasteiger partial charge in [-0.15, -0.1) is 0 Å². The molecule has 5 heteroatoms. The van der Waals surface area contributed by atoms with Crippen LogP contribution < -0.4 is 4.90 Å². The van der Waals surface area contributed by atoms with Gasteiger partial charge in [-0.05, 0) is 67.9 Å². The van der Waals surface area contributed by atoms with Gasteiger partial charge in [0.15, 0.2) is 0 Å². The van der Waals surface area contributed by atoms with Gasteiger partial charge in [-0.2, -0.15) is 0 Å². The van der Waals surface area contributed by atoms with Crippen molar-refractivity contribution in [1.82, 2.24) is 14.8 Å². The Morgan fingerprint density at radius 2 is 1.74 bits per heavy atom. The predicted molar refractivity (Wildman–Crippen MR) is 127 cm³/mol. The van der Waals surface area contributed by atoms with Crippen molar-refractivity contribution in [3.8, 4) is 0 Å². The number of pyridine rings is 1. The van der Waals surface area contributed by atoms with Gasteiger partial charge in [-0.1, -0.05) is 26.8 Å². The molecule has 1 atom stereocenters. The van der Waals surface area contributed by atoms with Gasteiger partial charge in [0.05, 0.1) is 0 Å². The molecule has 0 aromatic carbocycles. The number of aromatic nitrogens is 1. The first-order valence-electron chi connectivity index (χ1n) is 12.6. The van der Waals surface area contributed by atoms with Crippen molar-refractivity contribution in [1.29, 1.82) is 0 Å². The summed E-state index contributed by atoms with van der Waals surface area (Å²) in [4.78, 5) is 25.0. The first kappa shape index (κ1) is 22.6. The van der Waals surface area contributed by atoms with Crippen molar-refractivity contribution >= 4 is 11.7 Å². The summed E-state index contributed by atoms with van der Waals surface area (Å²) in [5.41, 5.74) is 0.380. The summed E-state index contributed by atoms with van der Waals surface area (Å²) in [5.74, 6) is 3.23. The molecule has 3 heterocycles. The maximum absolute atomic E-state index is 13.2. The third-order valence-corrected chi connectivity index (χ3v) is 7.99. The molecule has 1 aromatic rings. The van der Waals surface area contributed by atoms with Crippen LogP contribution in [0.5, 0.6) is 0 Å². The van der Waals surface area contributed by atoms with Gasteiger partial charge in [0.1, 0.15) is 5.82 Å². The number of piperidine rings is 1. The monoisotopic (exact) mass is 426 g/mol. The third-order valence-electron chi connectivity index (χ3n) is 7.99. The molecule has 0 radical (unpaired) electrons. The molecule has 1 aromatic heterocycles. The first-order valence-corrected chi connectivity index (χ1v) is 12.6. The van der Waals surface area contributed by atoms with Crippen LogP contribution in [0.25, 0.3) is 0 Å². The van der Waals surface area contributed by atoms with Gasteiger partial charge in [0.2, 0.25) is 5.91 Å². The van der Waals surface area contributed by atoms with Crippen LogP contribution in [-0.2, 0) is 4.79 Å². The lowest BCUT2D eigenvalue weighted by Crippen LogP contribution is -2.51. The van der Waals surface area contributed by atoms with E-state index in [1.54, 1.807) is 0 Å². The molecule has 31 heavy (non-hydrogen) atoms. The topological polar surface area (TPSA) is 39.7 Å². The second-order valence-corrected chi connectivity index (χ2v) is 11.2. The lowest BCUT2D eigenvalue weighted by molar-refractivity contribution is -0.139. The lowest BCUT2D eigenvalue weighted by Gasteiger charge is -2.41. The van der Waals surface area contributed by atoms with E-state index in [-0.39, 0.29) is 5.92 Å². The average molecular weight is 427 g/mol. The fraction of sp³-hybridized carbons (Fsp3) is 0.769. The Morgan fingerprint density at radius 3 is 2.39 bits per heavy atom. The van der Waals surface area contributed by atoms with Crippen molar-refractivity contribution in [3.63, 3.8) is 0 Å². The number of carbonyl (C=O) groups excluding carboxylic acids is 1. The smallest absolute Gasteiger partial charge is 0.225 e. The van der Waals surface area contributed by atoms with Crippen LogP contribution in [0.1, 0.15) is 59.3 Å². The molecule has 4 rings (SSSR count). The molecule has 0 spiro atoms. The van der Waals surface area contributed by atoms with Crippen LogP contribution in [0, 0.1) is 23.2 Å². The summed E-state index contributed by atoms with van der Waals surface area (Å²) in [5, 5.41) is 0. The number of carbonyl (C=O) groups is 1. The molecular weight excluding hydrogens is 384 g/mol. The number of piperazine rings is 1. The number of anilines is 1. The zero-order valence-electron chi connectivity index (χ0n) is 19.9. The number of rotatable bonds is 4. The van der Waals surface area contributed by atoms with Crippen molar-refractivity contribution < 1.29 is 4.79 Å². The van der Waals surface area contributed by atoms with E-state index in [2.05, 4.69) is 52.6 Å². The minimum Gasteiger partial charge on any atom is -0.354 e. The van der Waals surface area contributed by atoms with Gasteiger partial charge in [-0.25, -0.2) is 4.98 Å². The highest BCUT2D eigenvalue weighted by molar-refractivity contribution is 5.79. The molecule has 1 saturated carbocycles. The van der Waals surface area contributed by atoms with Gasteiger partial charge in [-0.3, -0.25) is 9.69 Å². The van der Waals surface area contributed by atoms with E-state index < -0.39 is 0 Å². The van der Waals surface area contributed by atoms with E-state index in [9.17, 15) is 4.79 Å². The van der Waals surface area contributed by atoms with E-state index in [1.165, 1.54) is 25.7 Å². The molecule has 0 N–H and O–H groups in total. The maximum atomic E-state index is 13.2. The highest BCUT2D eigenvalue weighted by atomic mass is 16.2. The highest BCUT2D eigenvalue weighted by Gasteiger charge is 2.35. The molecule has 3 fully saturated rings. The van der Waals surface area contributed by atoms with Crippen LogP contribution in [0.15, 0.2) is 24.4 Å². The summed E-state index contributed by atoms with van der Waals surface area (Å²) in [6.07, 6.45) is 8.94. The predicted octanol–water partition coefficient (Wildman–Crippen LogP) is 4.29. The number of hydrogen-bond donors (Lipinski definition) is 0. The number of likely N-dealkylation sites (tertiary alicyclic amines) is 1. The van der Waals surface area contributed by atoms with Crippen molar-refractivity contribution in [2.75, 3.05) is 50.7 Å². The zero-order valence-corrected chi connectivity index (χ0v) is 19.9. The van der Waals surface area contributed by atoms with Crippen molar-refractivity contribution in [3.05, 3.63) is 24.4 Å². The van der Waals surface area contributed by atoms with Crippen LogP contribution in [-0.4, -0.2) is 66.5 Å². The molecule has 0 bridgehead atoms. The summed E-state index contributed by atoms with van der Waals surface area (Å²) in [6.45, 7) is 14.4. The molecule has 1 amide bonds. The van der Waals surface area contributed by atoms with Crippen LogP contribution in [0.3, 0.4) is 0 Å². The van der Waals surface area contributed by atoms with Crippen molar-refractivity contribution in [2.45, 2.75) is 59.3 Å². The summed E-state index contributed by atoms with van der Waals surface area (Å²) < 4.78 is 0. The van der Waals surface area contributed by atoms with Gasteiger partial charge in [0.25, 0.3) is 0 Å². The van der Waals surface area contributed by atoms with Gasteiger partial charge >= 0.3 is 0 Å². The molecule has 2 saturated heterocycles. The van der Waals surface area contributed by atoms with Gasteiger partial charge < -0.3 is 9.80 Å². The van der Waals surface area contributed by atoms with E-state index in [4.69, 9.17) is 0 Å².